The van der Waals surface area contributed by atoms with Crippen molar-refractivity contribution in [3.8, 4) is 6.07 Å². The van der Waals surface area contributed by atoms with Crippen molar-refractivity contribution in [1.82, 2.24) is 14.3 Å². The molecule has 2 N–H and O–H groups in total. The van der Waals surface area contributed by atoms with Gasteiger partial charge in [0, 0.05) is 25.7 Å². The van der Waals surface area contributed by atoms with Crippen molar-refractivity contribution in [2.75, 3.05) is 19.6 Å². The Morgan fingerprint density at radius 2 is 2.27 bits per heavy atom. The molecule has 0 aliphatic carbocycles. The monoisotopic (exact) mass is 232 g/mol. The van der Waals surface area contributed by atoms with Gasteiger partial charge in [0.25, 0.3) is 10.2 Å². The van der Waals surface area contributed by atoms with E-state index in [9.17, 15) is 8.42 Å². The van der Waals surface area contributed by atoms with Gasteiger partial charge < -0.3 is 5.32 Å². The molecule has 1 rings (SSSR count). The Hall–Kier alpha value is -0.680. The largest absolute Gasteiger partial charge is 0.313 e. The maximum Gasteiger partial charge on any atom is 0.280 e. The summed E-state index contributed by atoms with van der Waals surface area (Å²) >= 11 is 0. The molecule has 0 aromatic rings. The first kappa shape index (κ1) is 12.4. The molecule has 1 fully saturated rings. The fourth-order valence-electron chi connectivity index (χ4n) is 1.45. The zero-order valence-electron chi connectivity index (χ0n) is 8.90. The molecule has 0 aromatic carbocycles. The molecule has 0 spiro atoms. The van der Waals surface area contributed by atoms with Gasteiger partial charge in [0.1, 0.15) is 6.04 Å². The van der Waals surface area contributed by atoms with Gasteiger partial charge in [-0.15, -0.1) is 0 Å². The molecule has 6 nitrogen and oxygen atoms in total. The van der Waals surface area contributed by atoms with E-state index < -0.39 is 16.3 Å². The first-order chi connectivity index (χ1) is 6.97. The molecule has 0 aromatic heterocycles. The number of piperazine rings is 1. The third kappa shape index (κ3) is 3.14. The zero-order valence-corrected chi connectivity index (χ0v) is 9.71. The van der Waals surface area contributed by atoms with Crippen molar-refractivity contribution < 1.29 is 8.42 Å². The summed E-state index contributed by atoms with van der Waals surface area (Å²) in [5.74, 6) is 0. The molecular weight excluding hydrogens is 216 g/mol. The molecule has 15 heavy (non-hydrogen) atoms. The average Bonchev–Trinajstić information content (AvgIpc) is 2.16. The second-order valence-electron chi connectivity index (χ2n) is 3.74. The fourth-order valence-corrected chi connectivity index (χ4v) is 2.97. The molecule has 0 radical (unpaired) electrons. The summed E-state index contributed by atoms with van der Waals surface area (Å²) in [6.45, 7) is 4.80. The molecule has 1 aliphatic rings. The van der Waals surface area contributed by atoms with E-state index >= 15 is 0 Å². The Morgan fingerprint density at radius 3 is 2.80 bits per heavy atom. The summed E-state index contributed by atoms with van der Waals surface area (Å²) in [5, 5.41) is 11.8. The molecule has 1 heterocycles. The van der Waals surface area contributed by atoms with Gasteiger partial charge in [0.05, 0.1) is 6.07 Å². The predicted molar refractivity (Wildman–Crippen MR) is 56.2 cm³/mol. The summed E-state index contributed by atoms with van der Waals surface area (Å²) in [4.78, 5) is 0. The lowest BCUT2D eigenvalue weighted by Gasteiger charge is -2.31. The van der Waals surface area contributed by atoms with E-state index in [1.165, 1.54) is 4.31 Å². The number of nitriles is 1. The summed E-state index contributed by atoms with van der Waals surface area (Å²) in [5.41, 5.74) is 0. The van der Waals surface area contributed by atoms with Crippen LogP contribution in [0.15, 0.2) is 0 Å². The molecule has 86 valence electrons. The highest BCUT2D eigenvalue weighted by molar-refractivity contribution is 7.87. The van der Waals surface area contributed by atoms with Crippen molar-refractivity contribution in [3.05, 3.63) is 0 Å². The Labute approximate surface area is 90.4 Å². The van der Waals surface area contributed by atoms with Crippen molar-refractivity contribution in [3.63, 3.8) is 0 Å². The lowest BCUT2D eigenvalue weighted by Crippen LogP contribution is -2.56. The van der Waals surface area contributed by atoms with Crippen LogP contribution < -0.4 is 10.0 Å². The number of nitrogens with one attached hydrogen (secondary N) is 2. The van der Waals surface area contributed by atoms with Gasteiger partial charge in [-0.1, -0.05) is 0 Å². The van der Waals surface area contributed by atoms with Crippen molar-refractivity contribution in [1.29, 1.82) is 5.26 Å². The van der Waals surface area contributed by atoms with Crippen molar-refractivity contribution in [2.24, 2.45) is 0 Å². The van der Waals surface area contributed by atoms with Gasteiger partial charge >= 0.3 is 0 Å². The van der Waals surface area contributed by atoms with Gasteiger partial charge in [-0.25, -0.2) is 0 Å². The van der Waals surface area contributed by atoms with Crippen LogP contribution in [0.5, 0.6) is 0 Å². The van der Waals surface area contributed by atoms with Gasteiger partial charge in [0.15, 0.2) is 0 Å². The molecule has 0 amide bonds. The SMILES string of the molecule is CC(C)NS(=O)(=O)N1CCNCC1C#N. The smallest absolute Gasteiger partial charge is 0.280 e. The van der Waals surface area contributed by atoms with Crippen LogP contribution in [0.2, 0.25) is 0 Å². The van der Waals surface area contributed by atoms with E-state index in [0.717, 1.165) is 0 Å². The van der Waals surface area contributed by atoms with Crippen LogP contribution >= 0.6 is 0 Å². The van der Waals surface area contributed by atoms with Crippen LogP contribution in [0.1, 0.15) is 13.8 Å². The minimum atomic E-state index is -3.52. The molecule has 1 aliphatic heterocycles. The molecule has 1 unspecified atom stereocenters. The predicted octanol–water partition coefficient (Wildman–Crippen LogP) is -0.973. The topological polar surface area (TPSA) is 85.2 Å². The van der Waals surface area contributed by atoms with E-state index in [2.05, 4.69) is 10.0 Å². The Bertz CT molecular complexity index is 346. The first-order valence-corrected chi connectivity index (χ1v) is 6.31. The maximum atomic E-state index is 11.8. The number of nitrogens with zero attached hydrogens (tertiary/aromatic N) is 2. The minimum absolute atomic E-state index is 0.163. The van der Waals surface area contributed by atoms with Gasteiger partial charge in [-0.05, 0) is 13.8 Å². The Morgan fingerprint density at radius 1 is 1.60 bits per heavy atom. The Balaban J connectivity index is 2.80. The molecular formula is C8H16N4O2S. The Kier molecular flexibility index (Phi) is 4.04. The normalized spacial score (nSPS) is 24.0. The third-order valence-corrected chi connectivity index (χ3v) is 3.86. The summed E-state index contributed by atoms with van der Waals surface area (Å²) in [7, 11) is -3.52. The highest BCUT2D eigenvalue weighted by Gasteiger charge is 2.32. The van der Waals surface area contributed by atoms with Crippen molar-refractivity contribution >= 4 is 10.2 Å². The molecule has 7 heteroatoms. The van der Waals surface area contributed by atoms with E-state index in [1.807, 2.05) is 6.07 Å². The highest BCUT2D eigenvalue weighted by Crippen LogP contribution is 2.08. The van der Waals surface area contributed by atoms with E-state index in [4.69, 9.17) is 5.26 Å². The van der Waals surface area contributed by atoms with Crippen LogP contribution in [0.25, 0.3) is 0 Å². The van der Waals surface area contributed by atoms with Crippen molar-refractivity contribution in [2.45, 2.75) is 25.9 Å². The number of hydrogen-bond donors (Lipinski definition) is 2. The average molecular weight is 232 g/mol. The minimum Gasteiger partial charge on any atom is -0.313 e. The van der Waals surface area contributed by atoms with E-state index in [-0.39, 0.29) is 6.04 Å². The van der Waals surface area contributed by atoms with Gasteiger partial charge in [-0.3, -0.25) is 0 Å². The third-order valence-electron chi connectivity index (χ3n) is 2.04. The first-order valence-electron chi connectivity index (χ1n) is 4.87. The molecule has 1 saturated heterocycles. The summed E-state index contributed by atoms with van der Waals surface area (Å²) in [6, 6.07) is 1.20. The summed E-state index contributed by atoms with van der Waals surface area (Å²) < 4.78 is 27.3. The lowest BCUT2D eigenvalue weighted by molar-refractivity contribution is 0.306. The standard InChI is InChI=1S/C8H16N4O2S/c1-7(2)11-15(13,14)12-4-3-10-6-8(12)5-9/h7-8,10-11H,3-4,6H2,1-2H3. The van der Waals surface area contributed by atoms with Gasteiger partial charge in [0.2, 0.25) is 0 Å². The quantitative estimate of drug-likeness (QED) is 0.655. The van der Waals surface area contributed by atoms with E-state index in [0.29, 0.717) is 19.6 Å². The molecule has 0 saturated carbocycles. The zero-order chi connectivity index (χ0) is 11.5. The van der Waals surface area contributed by atoms with Crippen LogP contribution in [0, 0.1) is 11.3 Å². The van der Waals surface area contributed by atoms with Crippen LogP contribution in [-0.4, -0.2) is 44.4 Å². The highest BCUT2D eigenvalue weighted by atomic mass is 32.2. The number of rotatable bonds is 3. The van der Waals surface area contributed by atoms with Crippen LogP contribution in [-0.2, 0) is 10.2 Å². The van der Waals surface area contributed by atoms with Gasteiger partial charge in [-0.2, -0.15) is 22.7 Å². The van der Waals surface area contributed by atoms with Crippen LogP contribution in [0.3, 0.4) is 0 Å². The fraction of sp³-hybridized carbons (Fsp3) is 0.875. The number of hydrogen-bond acceptors (Lipinski definition) is 4. The van der Waals surface area contributed by atoms with E-state index in [1.54, 1.807) is 13.8 Å². The summed E-state index contributed by atoms with van der Waals surface area (Å²) in [6.07, 6.45) is 0. The second kappa shape index (κ2) is 4.90. The lowest BCUT2D eigenvalue weighted by atomic mass is 10.3. The maximum absolute atomic E-state index is 11.8. The van der Waals surface area contributed by atoms with Crippen LogP contribution in [0.4, 0.5) is 0 Å². The second-order valence-corrected chi connectivity index (χ2v) is 5.39. The molecule has 1 atom stereocenters. The molecule has 0 bridgehead atoms.